The maximum absolute atomic E-state index is 5.95. The van der Waals surface area contributed by atoms with Gasteiger partial charge in [0.05, 0.1) is 20.9 Å². The molecule has 0 aliphatic rings. The van der Waals surface area contributed by atoms with Crippen molar-refractivity contribution in [2.75, 3.05) is 0 Å². The van der Waals surface area contributed by atoms with Gasteiger partial charge in [-0.3, -0.25) is 0 Å². The van der Waals surface area contributed by atoms with Gasteiger partial charge in [0.2, 0.25) is 0 Å². The molecule has 0 aromatic carbocycles. The largest absolute Gasteiger partial charge is 0.459 e. The molecule has 28 heavy (non-hydrogen) atoms. The molecule has 0 aliphatic heterocycles. The number of hydrogen-bond donors (Lipinski definition) is 0. The summed E-state index contributed by atoms with van der Waals surface area (Å²) < 4.78 is 11.9. The highest BCUT2D eigenvalue weighted by Gasteiger charge is 2.11. The first-order valence-electron chi connectivity index (χ1n) is 9.13. The van der Waals surface area contributed by atoms with Gasteiger partial charge < -0.3 is 8.83 Å². The zero-order chi connectivity index (χ0) is 19.3. The van der Waals surface area contributed by atoms with E-state index in [0.717, 1.165) is 56.8 Å². The van der Waals surface area contributed by atoms with Crippen LogP contribution in [0.5, 0.6) is 0 Å². The Labute approximate surface area is 172 Å². The van der Waals surface area contributed by atoms with Crippen molar-refractivity contribution in [3.63, 3.8) is 0 Å². The predicted octanol–water partition coefficient (Wildman–Crippen LogP) is 6.86. The highest BCUT2D eigenvalue weighted by atomic mass is 32.1. The lowest BCUT2D eigenvalue weighted by Crippen LogP contribution is -1.79. The van der Waals surface area contributed by atoms with Crippen molar-refractivity contribution in [3.05, 3.63) is 69.8 Å². The lowest BCUT2D eigenvalue weighted by Gasteiger charge is -1.90. The molecular weight excluding hydrogens is 384 g/mol. The van der Waals surface area contributed by atoms with Crippen LogP contribution in [0.1, 0.15) is 36.5 Å². The molecule has 0 aliphatic carbocycles. The Morgan fingerprint density at radius 3 is 1.57 bits per heavy atom. The molecule has 2 nitrogen and oxygen atoms in total. The lowest BCUT2D eigenvalue weighted by atomic mass is 10.2. The second-order valence-corrected chi connectivity index (χ2v) is 7.95. The maximum atomic E-state index is 5.95. The third-order valence-corrected chi connectivity index (χ3v) is 6.01. The molecule has 0 unspecified atom stereocenters. The zero-order valence-electron chi connectivity index (χ0n) is 15.7. The van der Waals surface area contributed by atoms with E-state index in [9.17, 15) is 0 Å². The summed E-state index contributed by atoms with van der Waals surface area (Å²) in [6, 6.07) is 12.1. The second-order valence-electron chi connectivity index (χ2n) is 6.06. The summed E-state index contributed by atoms with van der Waals surface area (Å²) in [6.45, 7) is 4.14. The molecule has 4 heteroatoms. The van der Waals surface area contributed by atoms with Gasteiger partial charge in [-0.15, -0.1) is 22.7 Å². The van der Waals surface area contributed by atoms with Crippen LogP contribution in [0.25, 0.3) is 21.3 Å². The Hall–Kier alpha value is -2.92. The van der Waals surface area contributed by atoms with Crippen LogP contribution >= 0.6 is 22.7 Å². The van der Waals surface area contributed by atoms with E-state index >= 15 is 0 Å². The third kappa shape index (κ3) is 3.85. The quantitative estimate of drug-likeness (QED) is 0.349. The van der Waals surface area contributed by atoms with Crippen LogP contribution in [0, 0.1) is 23.7 Å². The summed E-state index contributed by atoms with van der Waals surface area (Å²) in [6.07, 6.45) is 1.60. The molecule has 138 valence electrons. The maximum Gasteiger partial charge on any atom is 0.145 e. The summed E-state index contributed by atoms with van der Waals surface area (Å²) in [4.78, 5) is 2.22. The van der Waals surface area contributed by atoms with Crippen molar-refractivity contribution >= 4 is 22.7 Å². The van der Waals surface area contributed by atoms with E-state index in [1.54, 1.807) is 22.7 Å². The fourth-order valence-electron chi connectivity index (χ4n) is 2.87. The van der Waals surface area contributed by atoms with E-state index in [4.69, 9.17) is 8.83 Å². The second kappa shape index (κ2) is 8.40. The molecule has 0 spiro atoms. The SMILES string of the molecule is CCc1oc(-c2cccs2)cc1C#CC#Cc1cc(-c2cccs2)oc1CC. The molecular formula is C24H18O2S2. The van der Waals surface area contributed by atoms with E-state index in [1.807, 2.05) is 35.0 Å². The van der Waals surface area contributed by atoms with Crippen molar-refractivity contribution in [1.82, 2.24) is 0 Å². The summed E-state index contributed by atoms with van der Waals surface area (Å²) in [5.74, 6) is 15.8. The zero-order valence-corrected chi connectivity index (χ0v) is 17.3. The molecule has 0 radical (unpaired) electrons. The predicted molar refractivity (Wildman–Crippen MR) is 117 cm³/mol. The van der Waals surface area contributed by atoms with Crippen LogP contribution < -0.4 is 0 Å². The Morgan fingerprint density at radius 1 is 0.750 bits per heavy atom. The van der Waals surface area contributed by atoms with Gasteiger partial charge in [-0.25, -0.2) is 0 Å². The van der Waals surface area contributed by atoms with Crippen LogP contribution in [-0.2, 0) is 12.8 Å². The number of thiophene rings is 2. The lowest BCUT2D eigenvalue weighted by molar-refractivity contribution is 0.529. The first-order chi connectivity index (χ1) is 13.8. The number of aryl methyl sites for hydroxylation is 2. The smallest absolute Gasteiger partial charge is 0.145 e. The Balaban J connectivity index is 1.59. The van der Waals surface area contributed by atoms with Gasteiger partial charge in [0, 0.05) is 25.0 Å². The van der Waals surface area contributed by atoms with E-state index in [-0.39, 0.29) is 0 Å². The van der Waals surface area contributed by atoms with Gasteiger partial charge in [0.1, 0.15) is 23.0 Å². The summed E-state index contributed by atoms with van der Waals surface area (Å²) >= 11 is 3.32. The normalized spacial score (nSPS) is 10.2. The Morgan fingerprint density at radius 2 is 1.21 bits per heavy atom. The molecule has 0 atom stereocenters. The molecule has 0 N–H and O–H groups in total. The van der Waals surface area contributed by atoms with Crippen molar-refractivity contribution in [1.29, 1.82) is 0 Å². The standard InChI is InChI=1S/C24H18O2S2/c1-3-19-17(15-21(25-19)23-11-7-13-27-23)9-5-6-10-18-16-22(26-20(18)4-2)24-12-8-14-28-24/h7-8,11-16H,3-4H2,1-2H3. The van der Waals surface area contributed by atoms with Gasteiger partial charge in [-0.05, 0) is 46.6 Å². The fourth-order valence-corrected chi connectivity index (χ4v) is 4.23. The molecule has 4 heterocycles. The summed E-state index contributed by atoms with van der Waals surface area (Å²) in [7, 11) is 0. The van der Waals surface area contributed by atoms with E-state index in [1.165, 1.54) is 0 Å². The average Bonchev–Trinajstić information content (AvgIpc) is 3.50. The Bertz CT molecular complexity index is 1080. The molecule has 0 fully saturated rings. The molecule has 4 rings (SSSR count). The first kappa shape index (κ1) is 18.4. The molecule has 0 saturated heterocycles. The van der Waals surface area contributed by atoms with Gasteiger partial charge in [0.15, 0.2) is 0 Å². The van der Waals surface area contributed by atoms with Crippen LogP contribution in [0.4, 0.5) is 0 Å². The molecule has 0 bridgehead atoms. The summed E-state index contributed by atoms with van der Waals surface area (Å²) in [5, 5.41) is 4.09. The highest BCUT2D eigenvalue weighted by Crippen LogP contribution is 2.30. The number of furan rings is 2. The Kier molecular flexibility index (Phi) is 5.53. The third-order valence-electron chi connectivity index (χ3n) is 4.25. The van der Waals surface area contributed by atoms with Gasteiger partial charge in [-0.1, -0.05) is 26.0 Å². The van der Waals surface area contributed by atoms with Crippen molar-refractivity contribution < 1.29 is 8.83 Å². The monoisotopic (exact) mass is 402 g/mol. The van der Waals surface area contributed by atoms with E-state index in [2.05, 4.69) is 49.7 Å². The first-order valence-corrected chi connectivity index (χ1v) is 10.9. The molecule has 0 amide bonds. The van der Waals surface area contributed by atoms with Crippen LogP contribution in [0.15, 0.2) is 56.0 Å². The average molecular weight is 403 g/mol. The number of hydrogen-bond acceptors (Lipinski definition) is 4. The molecule has 0 saturated carbocycles. The van der Waals surface area contributed by atoms with E-state index in [0.29, 0.717) is 0 Å². The minimum Gasteiger partial charge on any atom is -0.459 e. The van der Waals surface area contributed by atoms with Crippen LogP contribution in [0.3, 0.4) is 0 Å². The van der Waals surface area contributed by atoms with Crippen LogP contribution in [-0.4, -0.2) is 0 Å². The highest BCUT2D eigenvalue weighted by molar-refractivity contribution is 7.13. The molecule has 4 aromatic heterocycles. The van der Waals surface area contributed by atoms with Gasteiger partial charge in [-0.2, -0.15) is 0 Å². The van der Waals surface area contributed by atoms with Gasteiger partial charge >= 0.3 is 0 Å². The van der Waals surface area contributed by atoms with Crippen LogP contribution in [0.2, 0.25) is 0 Å². The van der Waals surface area contributed by atoms with Crippen molar-refractivity contribution in [2.24, 2.45) is 0 Å². The minimum absolute atomic E-state index is 0.800. The molecule has 4 aromatic rings. The topological polar surface area (TPSA) is 26.3 Å². The van der Waals surface area contributed by atoms with Gasteiger partial charge in [0.25, 0.3) is 0 Å². The minimum atomic E-state index is 0.800. The number of rotatable bonds is 4. The summed E-state index contributed by atoms with van der Waals surface area (Å²) in [5.41, 5.74) is 1.81. The van der Waals surface area contributed by atoms with Crippen molar-refractivity contribution in [3.8, 4) is 45.0 Å². The van der Waals surface area contributed by atoms with Crippen molar-refractivity contribution in [2.45, 2.75) is 26.7 Å². The fraction of sp³-hybridized carbons (Fsp3) is 0.167. The van der Waals surface area contributed by atoms with E-state index < -0.39 is 0 Å².